The predicted molar refractivity (Wildman–Crippen MR) is 147 cm³/mol. The number of hydrogen-bond donors (Lipinski definition) is 2. The molecule has 2 N–H and O–H groups in total. The molecule has 2 atom stereocenters. The van der Waals surface area contributed by atoms with Gasteiger partial charge in [0.15, 0.2) is 0 Å². The number of amides is 1. The van der Waals surface area contributed by atoms with Crippen molar-refractivity contribution < 1.29 is 9.53 Å². The Labute approximate surface area is 222 Å². The molecule has 0 spiro atoms. The third kappa shape index (κ3) is 5.47. The molecule has 9 nitrogen and oxygen atoms in total. The standard InChI is InChI=1S/C29H33N7O2/c1-18(19(2)22-5-4-6-23-24(29(37)30-3)7-10-31-27(22)23)14-32-26-13-25(35-17-36-26)21-15-33-28(34-16-21)20-8-11-38-12-9-20/h4-7,10,13,15-20H,8-9,11-12,14H2,1-3H3,(H,30,37)(H,32,35,36). The first-order valence-corrected chi connectivity index (χ1v) is 13.1. The molecule has 3 aromatic heterocycles. The molecule has 196 valence electrons. The van der Waals surface area contributed by atoms with E-state index in [0.717, 1.165) is 65.4 Å². The second-order valence-corrected chi connectivity index (χ2v) is 9.83. The van der Waals surface area contributed by atoms with Crippen molar-refractivity contribution in [2.45, 2.75) is 38.5 Å². The lowest BCUT2D eigenvalue weighted by Gasteiger charge is -2.22. The van der Waals surface area contributed by atoms with Gasteiger partial charge in [0.25, 0.3) is 5.91 Å². The van der Waals surface area contributed by atoms with Crippen LogP contribution in [0.3, 0.4) is 0 Å². The highest BCUT2D eigenvalue weighted by Crippen LogP contribution is 2.31. The Hall–Kier alpha value is -3.98. The lowest BCUT2D eigenvalue weighted by molar-refractivity contribution is 0.0836. The fraction of sp³-hybridized carbons (Fsp3) is 0.379. The zero-order valence-electron chi connectivity index (χ0n) is 22.0. The average Bonchev–Trinajstić information content (AvgIpc) is 2.99. The minimum absolute atomic E-state index is 0.111. The summed E-state index contributed by atoms with van der Waals surface area (Å²) in [5, 5.41) is 7.04. The van der Waals surface area contributed by atoms with Gasteiger partial charge in [-0.05, 0) is 36.3 Å². The number of hydrogen-bond acceptors (Lipinski definition) is 8. The first-order chi connectivity index (χ1) is 18.5. The second kappa shape index (κ2) is 11.6. The minimum Gasteiger partial charge on any atom is -0.381 e. The van der Waals surface area contributed by atoms with E-state index in [4.69, 9.17) is 4.74 Å². The summed E-state index contributed by atoms with van der Waals surface area (Å²) in [5.41, 5.74) is 4.26. The molecule has 0 aliphatic carbocycles. The normalized spacial score (nSPS) is 15.7. The number of fused-ring (bicyclic) bond motifs is 1. The number of carbonyl (C=O) groups excluding carboxylic acids is 1. The van der Waals surface area contributed by atoms with Crippen molar-refractivity contribution in [3.8, 4) is 11.3 Å². The zero-order chi connectivity index (χ0) is 26.5. The van der Waals surface area contributed by atoms with E-state index in [-0.39, 0.29) is 17.7 Å². The van der Waals surface area contributed by atoms with Gasteiger partial charge in [0.05, 0.1) is 16.8 Å². The number of aromatic nitrogens is 5. The number of nitrogens with zero attached hydrogens (tertiary/aromatic N) is 5. The van der Waals surface area contributed by atoms with Gasteiger partial charge in [0, 0.05) is 68.3 Å². The third-order valence-corrected chi connectivity index (χ3v) is 7.44. The molecule has 38 heavy (non-hydrogen) atoms. The van der Waals surface area contributed by atoms with Gasteiger partial charge in [0.1, 0.15) is 18.0 Å². The molecule has 4 heterocycles. The van der Waals surface area contributed by atoms with Gasteiger partial charge in [-0.2, -0.15) is 0 Å². The van der Waals surface area contributed by atoms with E-state index in [9.17, 15) is 4.79 Å². The Kier molecular flexibility index (Phi) is 7.83. The molecule has 1 aliphatic heterocycles. The quantitative estimate of drug-likeness (QED) is 0.353. The van der Waals surface area contributed by atoms with E-state index < -0.39 is 0 Å². The van der Waals surface area contributed by atoms with Crippen LogP contribution in [-0.4, -0.2) is 57.6 Å². The maximum Gasteiger partial charge on any atom is 0.251 e. The molecular weight excluding hydrogens is 478 g/mol. The van der Waals surface area contributed by atoms with Crippen molar-refractivity contribution in [1.29, 1.82) is 0 Å². The van der Waals surface area contributed by atoms with Gasteiger partial charge >= 0.3 is 0 Å². The first kappa shape index (κ1) is 25.7. The summed E-state index contributed by atoms with van der Waals surface area (Å²) in [4.78, 5) is 35.0. The summed E-state index contributed by atoms with van der Waals surface area (Å²) in [5.74, 6) is 2.34. The van der Waals surface area contributed by atoms with Crippen LogP contribution < -0.4 is 10.6 Å². The van der Waals surface area contributed by atoms with E-state index in [1.807, 2.05) is 30.6 Å². The van der Waals surface area contributed by atoms with E-state index >= 15 is 0 Å². The van der Waals surface area contributed by atoms with Crippen molar-refractivity contribution >= 4 is 22.6 Å². The Morgan fingerprint density at radius 3 is 2.61 bits per heavy atom. The summed E-state index contributed by atoms with van der Waals surface area (Å²) in [6, 6.07) is 9.73. The van der Waals surface area contributed by atoms with Crippen LogP contribution >= 0.6 is 0 Å². The van der Waals surface area contributed by atoms with E-state index in [1.165, 1.54) is 0 Å². The maximum absolute atomic E-state index is 12.3. The predicted octanol–water partition coefficient (Wildman–Crippen LogP) is 4.59. The molecule has 0 saturated carbocycles. The van der Waals surface area contributed by atoms with Gasteiger partial charge in [-0.3, -0.25) is 9.78 Å². The molecule has 2 unspecified atom stereocenters. The van der Waals surface area contributed by atoms with E-state index in [2.05, 4.69) is 55.5 Å². The molecule has 0 radical (unpaired) electrons. The topological polar surface area (TPSA) is 115 Å². The zero-order valence-corrected chi connectivity index (χ0v) is 22.0. The highest BCUT2D eigenvalue weighted by Gasteiger charge is 2.20. The molecule has 1 aliphatic rings. The van der Waals surface area contributed by atoms with Crippen LogP contribution in [0, 0.1) is 5.92 Å². The van der Waals surface area contributed by atoms with Gasteiger partial charge in [-0.1, -0.05) is 32.0 Å². The van der Waals surface area contributed by atoms with Crippen molar-refractivity contribution in [3.05, 3.63) is 72.2 Å². The molecule has 1 fully saturated rings. The number of benzene rings is 1. The molecule has 1 amide bonds. The monoisotopic (exact) mass is 511 g/mol. The Morgan fingerprint density at radius 2 is 1.84 bits per heavy atom. The average molecular weight is 512 g/mol. The van der Waals surface area contributed by atoms with Crippen LogP contribution in [0.5, 0.6) is 0 Å². The van der Waals surface area contributed by atoms with Crippen molar-refractivity contribution in [2.24, 2.45) is 5.92 Å². The van der Waals surface area contributed by atoms with E-state index in [1.54, 1.807) is 25.6 Å². The summed E-state index contributed by atoms with van der Waals surface area (Å²) in [7, 11) is 1.64. The molecular formula is C29H33N7O2. The SMILES string of the molecule is CNC(=O)c1ccnc2c(C(C)C(C)CNc3cc(-c4cnc(C5CCOCC5)nc4)ncn3)cccc12. The maximum atomic E-state index is 12.3. The Balaban J connectivity index is 1.27. The molecule has 9 heteroatoms. The summed E-state index contributed by atoms with van der Waals surface area (Å²) < 4.78 is 5.45. The first-order valence-electron chi connectivity index (χ1n) is 13.1. The number of pyridine rings is 1. The number of ether oxygens (including phenoxy) is 1. The molecule has 0 bridgehead atoms. The van der Waals surface area contributed by atoms with E-state index in [0.29, 0.717) is 18.0 Å². The van der Waals surface area contributed by atoms with Gasteiger partial charge in [0.2, 0.25) is 0 Å². The minimum atomic E-state index is -0.111. The highest BCUT2D eigenvalue weighted by atomic mass is 16.5. The van der Waals surface area contributed by atoms with Crippen molar-refractivity contribution in [1.82, 2.24) is 30.2 Å². The van der Waals surface area contributed by atoms with Crippen molar-refractivity contribution in [3.63, 3.8) is 0 Å². The van der Waals surface area contributed by atoms with Crippen LogP contribution in [0.15, 0.2) is 55.2 Å². The molecule has 4 aromatic rings. The van der Waals surface area contributed by atoms with Gasteiger partial charge < -0.3 is 15.4 Å². The number of nitrogens with one attached hydrogen (secondary N) is 2. The van der Waals surface area contributed by atoms with Crippen LogP contribution in [0.1, 0.15) is 60.3 Å². The number of anilines is 1. The fourth-order valence-electron chi connectivity index (χ4n) is 4.90. The molecule has 1 saturated heterocycles. The third-order valence-electron chi connectivity index (χ3n) is 7.44. The van der Waals surface area contributed by atoms with Crippen LogP contribution in [0.25, 0.3) is 22.2 Å². The Morgan fingerprint density at radius 1 is 1.05 bits per heavy atom. The lowest BCUT2D eigenvalue weighted by atomic mass is 9.87. The summed E-state index contributed by atoms with van der Waals surface area (Å²) in [6.45, 7) is 6.63. The number of para-hydroxylation sites is 1. The van der Waals surface area contributed by atoms with Crippen LogP contribution in [0.4, 0.5) is 5.82 Å². The van der Waals surface area contributed by atoms with Crippen LogP contribution in [-0.2, 0) is 4.74 Å². The Bertz CT molecular complexity index is 1400. The number of carbonyl (C=O) groups is 1. The van der Waals surface area contributed by atoms with Crippen LogP contribution in [0.2, 0.25) is 0 Å². The smallest absolute Gasteiger partial charge is 0.251 e. The fourth-order valence-corrected chi connectivity index (χ4v) is 4.90. The van der Waals surface area contributed by atoms with Gasteiger partial charge in [-0.25, -0.2) is 19.9 Å². The molecule has 5 rings (SSSR count). The lowest BCUT2D eigenvalue weighted by Crippen LogP contribution is -2.19. The van der Waals surface area contributed by atoms with Gasteiger partial charge in [-0.15, -0.1) is 0 Å². The van der Waals surface area contributed by atoms with Crippen molar-refractivity contribution in [2.75, 3.05) is 32.1 Å². The number of rotatable bonds is 8. The largest absolute Gasteiger partial charge is 0.381 e. The second-order valence-electron chi connectivity index (χ2n) is 9.83. The summed E-state index contributed by atoms with van der Waals surface area (Å²) in [6.07, 6.45) is 8.87. The highest BCUT2D eigenvalue weighted by molar-refractivity contribution is 6.06. The molecule has 1 aromatic carbocycles. The summed E-state index contributed by atoms with van der Waals surface area (Å²) >= 11 is 0.